The minimum atomic E-state index is -0.378. The van der Waals surface area contributed by atoms with Gasteiger partial charge in [0, 0.05) is 36.3 Å². The van der Waals surface area contributed by atoms with Gasteiger partial charge in [-0.2, -0.15) is 0 Å². The maximum absolute atomic E-state index is 11.3. The van der Waals surface area contributed by atoms with E-state index < -0.39 is 0 Å². The van der Waals surface area contributed by atoms with Crippen LogP contribution in [0.5, 0.6) is 0 Å². The molecule has 0 radical (unpaired) electrons. The van der Waals surface area contributed by atoms with E-state index in [1.807, 2.05) is 30.3 Å². The molecule has 2 aromatic carbocycles. The number of nitro benzene ring substituents is 1. The normalized spacial score (nSPS) is 22.9. The van der Waals surface area contributed by atoms with Crippen molar-refractivity contribution in [1.82, 2.24) is 0 Å². The molecule has 0 fully saturated rings. The van der Waals surface area contributed by atoms with Gasteiger partial charge in [-0.3, -0.25) is 14.9 Å². The number of hydrogen-bond donors (Lipinski definition) is 2. The number of nitro groups is 1. The molecule has 0 aromatic heterocycles. The third-order valence-electron chi connectivity index (χ3n) is 5.15. The van der Waals surface area contributed by atoms with Gasteiger partial charge in [0.15, 0.2) is 0 Å². The highest BCUT2D eigenvalue weighted by atomic mass is 16.6. The second kappa shape index (κ2) is 6.29. The van der Waals surface area contributed by atoms with Crippen molar-refractivity contribution >= 4 is 23.0 Å². The molecule has 0 spiro atoms. The van der Waals surface area contributed by atoms with Gasteiger partial charge in [-0.05, 0) is 41.7 Å². The zero-order valence-electron chi connectivity index (χ0n) is 14.3. The van der Waals surface area contributed by atoms with Gasteiger partial charge in [-0.15, -0.1) is 0 Å². The van der Waals surface area contributed by atoms with E-state index in [2.05, 4.69) is 22.8 Å². The first-order valence-corrected chi connectivity index (χ1v) is 8.62. The molecule has 0 bridgehead atoms. The van der Waals surface area contributed by atoms with Crippen molar-refractivity contribution in [3.05, 3.63) is 75.9 Å². The first kappa shape index (κ1) is 16.3. The van der Waals surface area contributed by atoms with Crippen LogP contribution >= 0.6 is 0 Å². The van der Waals surface area contributed by atoms with Gasteiger partial charge in [0.2, 0.25) is 5.91 Å². The average Bonchev–Trinajstić information content (AvgIpc) is 3.11. The lowest BCUT2D eigenvalue weighted by atomic mass is 9.77. The van der Waals surface area contributed by atoms with Crippen molar-refractivity contribution in [2.24, 2.45) is 5.92 Å². The molecule has 1 aliphatic carbocycles. The number of allylic oxidation sites excluding steroid dienone is 2. The lowest BCUT2D eigenvalue weighted by Crippen LogP contribution is -2.29. The lowest BCUT2D eigenvalue weighted by molar-refractivity contribution is -0.384. The molecule has 26 heavy (non-hydrogen) atoms. The van der Waals surface area contributed by atoms with Crippen molar-refractivity contribution in [1.29, 1.82) is 0 Å². The quantitative estimate of drug-likeness (QED) is 0.489. The van der Waals surface area contributed by atoms with Crippen LogP contribution in [-0.2, 0) is 4.79 Å². The number of nitrogens with one attached hydrogen (secondary N) is 2. The van der Waals surface area contributed by atoms with Crippen LogP contribution < -0.4 is 10.6 Å². The second-order valence-electron chi connectivity index (χ2n) is 6.81. The minimum Gasteiger partial charge on any atom is -0.378 e. The monoisotopic (exact) mass is 349 g/mol. The highest BCUT2D eigenvalue weighted by Crippen LogP contribution is 2.50. The Bertz CT molecular complexity index is 905. The van der Waals surface area contributed by atoms with Gasteiger partial charge in [0.25, 0.3) is 5.69 Å². The number of non-ortho nitro benzene ring substituents is 1. The van der Waals surface area contributed by atoms with Gasteiger partial charge in [-0.1, -0.05) is 24.3 Å². The number of carbonyl (C=O) groups is 1. The van der Waals surface area contributed by atoms with Gasteiger partial charge < -0.3 is 10.6 Å². The Labute approximate surface area is 151 Å². The summed E-state index contributed by atoms with van der Waals surface area (Å²) in [5.41, 5.74) is 4.16. The molecule has 132 valence electrons. The average molecular weight is 349 g/mol. The van der Waals surface area contributed by atoms with E-state index in [0.29, 0.717) is 5.92 Å². The van der Waals surface area contributed by atoms with Crippen LogP contribution in [0, 0.1) is 16.0 Å². The fourth-order valence-electron chi connectivity index (χ4n) is 4.01. The van der Waals surface area contributed by atoms with E-state index in [0.717, 1.165) is 23.4 Å². The van der Waals surface area contributed by atoms with E-state index in [9.17, 15) is 14.9 Å². The number of fused-ring (bicyclic) bond motifs is 3. The summed E-state index contributed by atoms with van der Waals surface area (Å²) in [6, 6.07) is 12.8. The number of nitrogens with zero attached hydrogens (tertiary/aromatic N) is 1. The lowest BCUT2D eigenvalue weighted by Gasteiger charge is -2.37. The Morgan fingerprint density at radius 1 is 1.23 bits per heavy atom. The second-order valence-corrected chi connectivity index (χ2v) is 6.81. The summed E-state index contributed by atoms with van der Waals surface area (Å²) in [5.74, 6) is 0.521. The molecule has 1 aliphatic heterocycles. The largest absolute Gasteiger partial charge is 0.378 e. The smallest absolute Gasteiger partial charge is 0.269 e. The first-order valence-electron chi connectivity index (χ1n) is 8.62. The van der Waals surface area contributed by atoms with Crippen molar-refractivity contribution in [2.75, 3.05) is 10.6 Å². The molecule has 2 aliphatic rings. The van der Waals surface area contributed by atoms with Gasteiger partial charge >= 0.3 is 0 Å². The first-order chi connectivity index (χ1) is 12.5. The summed E-state index contributed by atoms with van der Waals surface area (Å²) in [7, 11) is 0. The predicted molar refractivity (Wildman–Crippen MR) is 100 cm³/mol. The third-order valence-corrected chi connectivity index (χ3v) is 5.15. The number of anilines is 2. The Hall–Kier alpha value is -3.15. The van der Waals surface area contributed by atoms with E-state index in [4.69, 9.17) is 0 Å². The van der Waals surface area contributed by atoms with Crippen LogP contribution in [0.4, 0.5) is 17.1 Å². The number of amides is 1. The zero-order chi connectivity index (χ0) is 18.3. The van der Waals surface area contributed by atoms with Crippen molar-refractivity contribution in [3.8, 4) is 0 Å². The molecule has 3 atom stereocenters. The zero-order valence-corrected chi connectivity index (χ0v) is 14.3. The van der Waals surface area contributed by atoms with Crippen LogP contribution in [0.2, 0.25) is 0 Å². The van der Waals surface area contributed by atoms with Crippen molar-refractivity contribution in [2.45, 2.75) is 25.3 Å². The standard InChI is InChI=1S/C20H19N3O3/c1-12(24)21-14-7-10-19-18(11-14)16-3-2-4-17(16)20(22-19)13-5-8-15(9-6-13)23(25)26/h2-3,5-11,16-17,20,22H,4H2,1H3,(H,21,24)/t16-,17-,20-/m1/s1. The maximum Gasteiger partial charge on any atom is 0.269 e. The van der Waals surface area contributed by atoms with Crippen LogP contribution in [0.15, 0.2) is 54.6 Å². The molecule has 1 amide bonds. The maximum atomic E-state index is 11.3. The summed E-state index contributed by atoms with van der Waals surface area (Å²) in [4.78, 5) is 21.8. The predicted octanol–water partition coefficient (Wildman–Crippen LogP) is 4.38. The summed E-state index contributed by atoms with van der Waals surface area (Å²) in [6.07, 6.45) is 5.36. The molecular formula is C20H19N3O3. The summed E-state index contributed by atoms with van der Waals surface area (Å²) in [5, 5.41) is 17.3. The van der Waals surface area contributed by atoms with Crippen LogP contribution in [0.1, 0.15) is 36.4 Å². The number of rotatable bonds is 3. The van der Waals surface area contributed by atoms with Crippen molar-refractivity contribution < 1.29 is 9.72 Å². The molecule has 0 saturated carbocycles. The van der Waals surface area contributed by atoms with Gasteiger partial charge in [0.1, 0.15) is 0 Å². The van der Waals surface area contributed by atoms with E-state index in [-0.39, 0.29) is 28.5 Å². The fraction of sp³-hybridized carbons (Fsp3) is 0.250. The Morgan fingerprint density at radius 3 is 2.69 bits per heavy atom. The Morgan fingerprint density at radius 2 is 2.00 bits per heavy atom. The number of carbonyl (C=O) groups excluding carboxylic acids is 1. The molecule has 1 heterocycles. The fourth-order valence-corrected chi connectivity index (χ4v) is 4.01. The highest BCUT2D eigenvalue weighted by molar-refractivity contribution is 5.89. The topological polar surface area (TPSA) is 84.3 Å². The summed E-state index contributed by atoms with van der Waals surface area (Å²) in [6.45, 7) is 1.50. The summed E-state index contributed by atoms with van der Waals surface area (Å²) >= 11 is 0. The van der Waals surface area contributed by atoms with Gasteiger partial charge in [-0.25, -0.2) is 0 Å². The Kier molecular flexibility index (Phi) is 3.95. The minimum absolute atomic E-state index is 0.0870. The van der Waals surface area contributed by atoms with E-state index in [1.165, 1.54) is 12.5 Å². The van der Waals surface area contributed by atoms with E-state index in [1.54, 1.807) is 12.1 Å². The highest BCUT2D eigenvalue weighted by Gasteiger charge is 2.38. The van der Waals surface area contributed by atoms with Crippen LogP contribution in [0.3, 0.4) is 0 Å². The van der Waals surface area contributed by atoms with Crippen LogP contribution in [0.25, 0.3) is 0 Å². The van der Waals surface area contributed by atoms with Crippen molar-refractivity contribution in [3.63, 3.8) is 0 Å². The number of benzene rings is 2. The number of hydrogen-bond acceptors (Lipinski definition) is 4. The molecule has 2 aromatic rings. The SMILES string of the molecule is CC(=O)Nc1ccc2c(c1)[C@@H]1C=CC[C@H]1[C@@H](c1ccc([N+](=O)[O-])cc1)N2. The van der Waals surface area contributed by atoms with Crippen LogP contribution in [-0.4, -0.2) is 10.8 Å². The molecule has 0 unspecified atom stereocenters. The van der Waals surface area contributed by atoms with Gasteiger partial charge in [0.05, 0.1) is 11.0 Å². The molecule has 2 N–H and O–H groups in total. The molecule has 0 saturated heterocycles. The molecule has 4 rings (SSSR count). The Balaban J connectivity index is 1.68. The third kappa shape index (κ3) is 2.83. The molecular weight excluding hydrogens is 330 g/mol. The molecule has 6 nitrogen and oxygen atoms in total. The summed E-state index contributed by atoms with van der Waals surface area (Å²) < 4.78 is 0. The molecule has 6 heteroatoms. The van der Waals surface area contributed by atoms with E-state index >= 15 is 0 Å².